The van der Waals surface area contributed by atoms with Gasteiger partial charge in [0.15, 0.2) is 19.5 Å². The number of hydrogen-bond donors (Lipinski definition) is 3. The van der Waals surface area contributed by atoms with Crippen molar-refractivity contribution in [2.45, 2.75) is 77.6 Å². The Labute approximate surface area is 232 Å². The molecule has 2 fully saturated rings. The van der Waals surface area contributed by atoms with Crippen LogP contribution >= 0.6 is 40.1 Å². The molecule has 0 bridgehead atoms. The van der Waals surface area contributed by atoms with Crippen LogP contribution in [0.1, 0.15) is 47.3 Å². The highest BCUT2D eigenvalue weighted by molar-refractivity contribution is 9.15. The Hall–Kier alpha value is -0.603. The van der Waals surface area contributed by atoms with Crippen LogP contribution in [0.3, 0.4) is 0 Å². The monoisotopic (exact) mass is 606 g/mol. The summed E-state index contributed by atoms with van der Waals surface area (Å²) in [4.78, 5) is 36.2. The molecule has 0 aliphatic carbocycles. The van der Waals surface area contributed by atoms with Crippen LogP contribution in [0.4, 0.5) is 5.95 Å². The van der Waals surface area contributed by atoms with E-state index in [1.54, 1.807) is 47.5 Å². The van der Waals surface area contributed by atoms with Gasteiger partial charge in [0.25, 0.3) is 5.56 Å². The highest BCUT2D eigenvalue weighted by Crippen LogP contribution is 2.87. The molecule has 0 saturated carbocycles. The van der Waals surface area contributed by atoms with E-state index in [1.165, 1.54) is 0 Å². The summed E-state index contributed by atoms with van der Waals surface area (Å²) in [5.41, 5.74) is 0.104. The first-order valence-corrected chi connectivity index (χ1v) is 21.3. The molecular weight excluding hydrogens is 570 g/mol. The fourth-order valence-corrected chi connectivity index (χ4v) is 14.3. The average Bonchev–Trinajstić information content (AvgIpc) is 3.50. The number of nitrogens with one attached hydrogen (secondary N) is 2. The van der Waals surface area contributed by atoms with Gasteiger partial charge in [-0.15, -0.1) is 0 Å². The third kappa shape index (κ3) is 6.59. The molecule has 2 saturated heterocycles. The van der Waals surface area contributed by atoms with Crippen LogP contribution in [-0.2, 0) is 18.5 Å². The summed E-state index contributed by atoms with van der Waals surface area (Å²) in [5.74, 6) is 1.63. The van der Waals surface area contributed by atoms with Gasteiger partial charge in [0.1, 0.15) is 18.4 Å². The first-order valence-electron chi connectivity index (χ1n) is 12.4. The molecule has 3 atom stereocenters. The van der Waals surface area contributed by atoms with E-state index in [9.17, 15) is 9.59 Å². The molecule has 2 aromatic heterocycles. The molecule has 0 radical (unpaired) electrons. The van der Waals surface area contributed by atoms with Crippen molar-refractivity contribution in [3.05, 3.63) is 16.7 Å². The average molecular weight is 607 g/mol. The van der Waals surface area contributed by atoms with E-state index in [0.717, 1.165) is 11.5 Å². The second-order valence-corrected chi connectivity index (χ2v) is 27.0. The summed E-state index contributed by atoms with van der Waals surface area (Å²) in [5, 5.41) is 0.798. The van der Waals surface area contributed by atoms with Crippen LogP contribution in [-0.4, -0.2) is 64.1 Å². The van der Waals surface area contributed by atoms with E-state index in [4.69, 9.17) is 25.9 Å². The van der Waals surface area contributed by atoms with Crippen LogP contribution in [0.15, 0.2) is 11.1 Å². The summed E-state index contributed by atoms with van der Waals surface area (Å²) in [6.07, 6.45) is 1.12. The maximum atomic E-state index is 12.7. The summed E-state index contributed by atoms with van der Waals surface area (Å²) >= 11 is 8.49. The van der Waals surface area contributed by atoms with Gasteiger partial charge in [0.2, 0.25) is 11.9 Å². The molecule has 2 N–H and O–H groups in total. The van der Waals surface area contributed by atoms with E-state index in [2.05, 4.69) is 54.1 Å². The molecule has 37 heavy (non-hydrogen) atoms. The van der Waals surface area contributed by atoms with Crippen molar-refractivity contribution in [2.24, 2.45) is 5.92 Å². The molecule has 4 heterocycles. The normalized spacial score (nSPS) is 24.3. The topological polar surface area (TPSA) is 120 Å². The number of imidazole rings is 1. The highest BCUT2D eigenvalue weighted by Gasteiger charge is 2.52. The Morgan fingerprint density at radius 2 is 2.05 bits per heavy atom. The number of amides is 1. The highest BCUT2D eigenvalue weighted by atomic mass is 33.4. The zero-order chi connectivity index (χ0) is 27.2. The Kier molecular flexibility index (Phi) is 8.82. The molecule has 2 aliphatic heterocycles. The van der Waals surface area contributed by atoms with Crippen molar-refractivity contribution in [1.82, 2.24) is 19.5 Å². The van der Waals surface area contributed by atoms with Gasteiger partial charge in [-0.25, -0.2) is 4.98 Å². The van der Waals surface area contributed by atoms with E-state index in [0.29, 0.717) is 18.7 Å². The Morgan fingerprint density at radius 3 is 2.68 bits per heavy atom. The van der Waals surface area contributed by atoms with Gasteiger partial charge in [0.05, 0.1) is 47.9 Å². The lowest BCUT2D eigenvalue weighted by atomic mass is 10.2. The van der Waals surface area contributed by atoms with Crippen LogP contribution in [0.2, 0.25) is 18.1 Å². The zero-order valence-corrected chi connectivity index (χ0v) is 26.7. The largest absolute Gasteiger partial charge is 0.414 e. The Balaban J connectivity index is 1.61. The molecule has 0 unspecified atom stereocenters. The number of aromatic nitrogens is 4. The smallest absolute Gasteiger partial charge is 0.319 e. The number of thiol groups is 1. The number of ether oxygens (including phenoxy) is 1. The van der Waals surface area contributed by atoms with Crippen molar-refractivity contribution in [3.63, 3.8) is 0 Å². The maximum Gasteiger partial charge on any atom is 0.319 e. The summed E-state index contributed by atoms with van der Waals surface area (Å²) < 4.78 is 21.4. The van der Waals surface area contributed by atoms with Crippen LogP contribution in [0.5, 0.6) is 0 Å². The second kappa shape index (κ2) is 11.1. The van der Waals surface area contributed by atoms with Crippen molar-refractivity contribution >= 4 is 71.4 Å². The third-order valence-corrected chi connectivity index (χ3v) is 21.5. The molecular formula is C22H37N5O5PS3Si+. The first-order chi connectivity index (χ1) is 17.2. The van der Waals surface area contributed by atoms with E-state index in [1.807, 2.05) is 0 Å². The molecule has 0 aromatic carbocycles. The summed E-state index contributed by atoms with van der Waals surface area (Å²) in [6.45, 7) is 15.0. The van der Waals surface area contributed by atoms with Crippen LogP contribution < -0.4 is 10.9 Å². The van der Waals surface area contributed by atoms with Crippen molar-refractivity contribution in [1.29, 1.82) is 0 Å². The van der Waals surface area contributed by atoms with E-state index >= 15 is 0 Å². The number of hydrogen-bond acceptors (Lipinski definition) is 10. The van der Waals surface area contributed by atoms with E-state index in [-0.39, 0.29) is 40.5 Å². The standard InChI is InChI=1S/C22H36N5O5PS3Si/c1-13(2)19(28)25-21-24-18-17(20(29)26-21)23-12-27(18)16-10-14(32-33(34)35-8-9-36-33)15(31-16)11-30-37(6,7)22(3,4)5/h12-16,34H,8-11H2,1-7H3,(H-,24,25,26,28,29)/p+1/t14-,15+,16+/m0/s1. The van der Waals surface area contributed by atoms with Gasteiger partial charge in [-0.1, -0.05) is 34.6 Å². The number of rotatable bonds is 8. The van der Waals surface area contributed by atoms with Crippen LogP contribution in [0, 0.1) is 5.92 Å². The summed E-state index contributed by atoms with van der Waals surface area (Å²) in [6, 6.07) is 0. The lowest BCUT2D eigenvalue weighted by Gasteiger charge is -2.37. The van der Waals surface area contributed by atoms with Gasteiger partial charge in [-0.3, -0.25) is 24.5 Å². The van der Waals surface area contributed by atoms with Crippen LogP contribution in [0.25, 0.3) is 11.2 Å². The molecule has 206 valence electrons. The van der Waals surface area contributed by atoms with Crippen molar-refractivity contribution < 1.29 is 18.5 Å². The number of nitrogens with zero attached hydrogens (tertiary/aromatic N) is 3. The van der Waals surface area contributed by atoms with Gasteiger partial charge < -0.3 is 9.16 Å². The third-order valence-electron chi connectivity index (χ3n) is 6.96. The minimum Gasteiger partial charge on any atom is -0.414 e. The minimum absolute atomic E-state index is 0.0681. The number of carbonyl (C=O) groups excluding carboxylic acids is 1. The Morgan fingerprint density at radius 1 is 1.38 bits per heavy atom. The van der Waals surface area contributed by atoms with Crippen molar-refractivity contribution in [3.8, 4) is 0 Å². The number of anilines is 1. The molecule has 2 aromatic rings. The number of H-pyrrole nitrogens is 1. The Bertz CT molecular complexity index is 1200. The molecule has 1 amide bonds. The zero-order valence-electron chi connectivity index (χ0n) is 22.3. The fourth-order valence-electron chi connectivity index (χ4n) is 3.67. The molecule has 10 nitrogen and oxygen atoms in total. The lowest BCUT2D eigenvalue weighted by molar-refractivity contribution is -0.118. The summed E-state index contributed by atoms with van der Waals surface area (Å²) in [7, 11) is -2.01. The minimum atomic E-state index is -2.01. The van der Waals surface area contributed by atoms with Gasteiger partial charge in [-0.2, -0.15) is 9.51 Å². The maximum absolute atomic E-state index is 12.7. The molecule has 15 heteroatoms. The molecule has 2 aliphatic rings. The quantitative estimate of drug-likeness (QED) is 0.203. The first kappa shape index (κ1) is 29.4. The number of aromatic amines is 1. The fraction of sp³-hybridized carbons (Fsp3) is 0.727. The second-order valence-electron chi connectivity index (χ2n) is 11.1. The van der Waals surface area contributed by atoms with Crippen molar-refractivity contribution in [2.75, 3.05) is 23.4 Å². The van der Waals surface area contributed by atoms with Gasteiger partial charge in [0, 0.05) is 23.8 Å². The van der Waals surface area contributed by atoms with Gasteiger partial charge >= 0.3 is 5.10 Å². The van der Waals surface area contributed by atoms with Gasteiger partial charge in [-0.05, 0) is 18.1 Å². The number of fused-ring (bicyclic) bond motifs is 1. The lowest BCUT2D eigenvalue weighted by Crippen LogP contribution is -2.44. The SMILES string of the molecule is CC(C)C(=O)Nc1nc2c(ncn2[C@H]2C[C@H](O[P+]3(S)SCCS3)[C@@H](CO[Si](C)(C)C(C)(C)C)O2)c(=O)[nH]1. The molecule has 4 rings (SSSR count). The molecule has 0 spiro atoms. The predicted octanol–water partition coefficient (Wildman–Crippen LogP) is 5.50. The number of carbonyl (C=O) groups is 1. The predicted molar refractivity (Wildman–Crippen MR) is 159 cm³/mol. The van der Waals surface area contributed by atoms with E-state index < -0.39 is 25.2 Å².